The van der Waals surface area contributed by atoms with Gasteiger partial charge in [0.1, 0.15) is 0 Å². The van der Waals surface area contributed by atoms with Crippen LogP contribution >= 0.6 is 11.6 Å². The van der Waals surface area contributed by atoms with Crippen LogP contribution in [0.4, 0.5) is 5.69 Å². The summed E-state index contributed by atoms with van der Waals surface area (Å²) >= 11 is 6.06. The maximum atomic E-state index is 13.9. The van der Waals surface area contributed by atoms with Crippen molar-refractivity contribution in [2.24, 2.45) is 0 Å². The first-order valence-electron chi connectivity index (χ1n) is 12.5. The fraction of sp³-hybridized carbons (Fsp3) is 0.194. The van der Waals surface area contributed by atoms with Gasteiger partial charge in [0.15, 0.2) is 0 Å². The van der Waals surface area contributed by atoms with Gasteiger partial charge in [-0.05, 0) is 74.2 Å². The van der Waals surface area contributed by atoms with E-state index in [1.165, 1.54) is 9.87 Å². The first kappa shape index (κ1) is 27.4. The van der Waals surface area contributed by atoms with Crippen LogP contribution in [-0.2, 0) is 23.0 Å². The van der Waals surface area contributed by atoms with Crippen LogP contribution < -0.4 is 9.62 Å². The molecule has 5 nitrogen and oxygen atoms in total. The third-order valence-corrected chi connectivity index (χ3v) is 8.38. The first-order chi connectivity index (χ1) is 18.2. The van der Waals surface area contributed by atoms with Crippen molar-refractivity contribution in [3.05, 3.63) is 130 Å². The molecule has 0 bridgehead atoms. The van der Waals surface area contributed by atoms with Gasteiger partial charge in [-0.25, -0.2) is 8.42 Å². The summed E-state index contributed by atoms with van der Waals surface area (Å²) in [5.74, 6) is -0.318. The van der Waals surface area contributed by atoms with E-state index >= 15 is 0 Å². The van der Waals surface area contributed by atoms with Crippen molar-refractivity contribution in [1.29, 1.82) is 0 Å². The minimum Gasteiger partial charge on any atom is -0.350 e. The molecule has 0 fully saturated rings. The van der Waals surface area contributed by atoms with E-state index in [2.05, 4.69) is 17.4 Å². The van der Waals surface area contributed by atoms with E-state index in [-0.39, 0.29) is 23.4 Å². The summed E-state index contributed by atoms with van der Waals surface area (Å²) in [7, 11) is -3.99. The zero-order chi connectivity index (χ0) is 27.1. The van der Waals surface area contributed by atoms with E-state index in [9.17, 15) is 13.2 Å². The Bertz CT molecular complexity index is 1470. The number of aryl methyl sites for hydroxylation is 2. The average Bonchev–Trinajstić information content (AvgIpc) is 2.92. The van der Waals surface area contributed by atoms with Crippen LogP contribution in [0.15, 0.2) is 108 Å². The number of hydrogen-bond acceptors (Lipinski definition) is 3. The van der Waals surface area contributed by atoms with Crippen molar-refractivity contribution in [2.45, 2.75) is 44.2 Å². The molecule has 1 atom stereocenters. The number of benzene rings is 4. The SMILES string of the molecule is Cc1ccc(S(=O)(=O)N(Cc2ccc(Cl)cc2)c2ccccc2C(=O)N[C@@H](C)CCc2ccccc2)cc1. The van der Waals surface area contributed by atoms with Crippen molar-refractivity contribution in [1.82, 2.24) is 5.32 Å². The van der Waals surface area contributed by atoms with E-state index in [1.807, 2.05) is 32.0 Å². The molecule has 1 N–H and O–H groups in total. The van der Waals surface area contributed by atoms with Crippen LogP contribution in [0.3, 0.4) is 0 Å². The second kappa shape index (κ2) is 12.3. The van der Waals surface area contributed by atoms with Gasteiger partial charge in [-0.1, -0.05) is 83.9 Å². The average molecular weight is 547 g/mol. The van der Waals surface area contributed by atoms with E-state index in [0.29, 0.717) is 16.3 Å². The molecular formula is C31H31ClN2O3S. The summed E-state index contributed by atoms with van der Waals surface area (Å²) in [5.41, 5.74) is 3.51. The van der Waals surface area contributed by atoms with Crippen molar-refractivity contribution < 1.29 is 13.2 Å². The Kier molecular flexibility index (Phi) is 8.87. The summed E-state index contributed by atoms with van der Waals surface area (Å²) in [6.45, 7) is 3.90. The van der Waals surface area contributed by atoms with Crippen LogP contribution in [0.1, 0.15) is 40.4 Å². The molecule has 0 aliphatic carbocycles. The number of rotatable bonds is 10. The van der Waals surface area contributed by atoms with Gasteiger partial charge in [0, 0.05) is 11.1 Å². The Hall–Kier alpha value is -3.61. The normalized spacial score (nSPS) is 12.1. The number of nitrogens with one attached hydrogen (secondary N) is 1. The Morgan fingerprint density at radius 2 is 1.47 bits per heavy atom. The molecule has 0 spiro atoms. The molecule has 1 amide bonds. The van der Waals surface area contributed by atoms with E-state index in [0.717, 1.165) is 24.0 Å². The lowest BCUT2D eigenvalue weighted by Crippen LogP contribution is -2.36. The third-order valence-electron chi connectivity index (χ3n) is 6.35. The van der Waals surface area contributed by atoms with Crippen LogP contribution in [0.25, 0.3) is 0 Å². The van der Waals surface area contributed by atoms with Gasteiger partial charge in [-0.3, -0.25) is 9.10 Å². The smallest absolute Gasteiger partial charge is 0.264 e. The summed E-state index contributed by atoms with van der Waals surface area (Å²) in [4.78, 5) is 13.6. The van der Waals surface area contributed by atoms with E-state index in [4.69, 9.17) is 11.6 Å². The molecule has 196 valence electrons. The number of para-hydroxylation sites is 1. The fourth-order valence-corrected chi connectivity index (χ4v) is 5.78. The first-order valence-corrected chi connectivity index (χ1v) is 14.3. The predicted molar refractivity (Wildman–Crippen MR) is 154 cm³/mol. The molecule has 0 saturated carbocycles. The number of amides is 1. The highest BCUT2D eigenvalue weighted by Crippen LogP contribution is 2.30. The second-order valence-corrected chi connectivity index (χ2v) is 11.7. The number of sulfonamides is 1. The number of anilines is 1. The van der Waals surface area contributed by atoms with Gasteiger partial charge in [0.25, 0.3) is 15.9 Å². The monoisotopic (exact) mass is 546 g/mol. The maximum absolute atomic E-state index is 13.9. The quantitative estimate of drug-likeness (QED) is 0.238. The molecular weight excluding hydrogens is 516 g/mol. The molecule has 4 aromatic rings. The lowest BCUT2D eigenvalue weighted by molar-refractivity contribution is 0.0939. The summed E-state index contributed by atoms with van der Waals surface area (Å²) in [6, 6.07) is 30.5. The minimum atomic E-state index is -3.99. The van der Waals surface area contributed by atoms with E-state index in [1.54, 1.807) is 72.8 Å². The molecule has 4 rings (SSSR count). The van der Waals surface area contributed by atoms with Gasteiger partial charge in [-0.15, -0.1) is 0 Å². The number of nitrogens with zero attached hydrogens (tertiary/aromatic N) is 1. The number of carbonyl (C=O) groups is 1. The largest absolute Gasteiger partial charge is 0.350 e. The van der Waals surface area contributed by atoms with Gasteiger partial charge in [0.05, 0.1) is 22.7 Å². The number of halogens is 1. The summed E-state index contributed by atoms with van der Waals surface area (Å²) < 4.78 is 29.2. The Morgan fingerprint density at radius 1 is 0.842 bits per heavy atom. The maximum Gasteiger partial charge on any atom is 0.264 e. The van der Waals surface area contributed by atoms with Crippen molar-refractivity contribution in [3.8, 4) is 0 Å². The highest BCUT2D eigenvalue weighted by Gasteiger charge is 2.29. The highest BCUT2D eigenvalue weighted by molar-refractivity contribution is 7.92. The van der Waals surface area contributed by atoms with Gasteiger partial charge in [0.2, 0.25) is 0 Å². The molecule has 0 aliphatic heterocycles. The van der Waals surface area contributed by atoms with Crippen LogP contribution in [0.5, 0.6) is 0 Å². The third kappa shape index (κ3) is 6.82. The highest BCUT2D eigenvalue weighted by atomic mass is 35.5. The van der Waals surface area contributed by atoms with Gasteiger partial charge in [-0.2, -0.15) is 0 Å². The molecule has 0 aromatic heterocycles. The van der Waals surface area contributed by atoms with Gasteiger partial charge < -0.3 is 5.32 Å². The Labute approximate surface area is 230 Å². The molecule has 38 heavy (non-hydrogen) atoms. The molecule has 4 aromatic carbocycles. The van der Waals surface area contributed by atoms with E-state index < -0.39 is 10.0 Å². The lowest BCUT2D eigenvalue weighted by Gasteiger charge is -2.27. The second-order valence-electron chi connectivity index (χ2n) is 9.37. The molecule has 0 aliphatic rings. The molecule has 0 radical (unpaired) electrons. The number of hydrogen-bond donors (Lipinski definition) is 1. The zero-order valence-corrected chi connectivity index (χ0v) is 23.0. The summed E-state index contributed by atoms with van der Waals surface area (Å²) in [6.07, 6.45) is 1.59. The lowest BCUT2D eigenvalue weighted by atomic mass is 10.1. The van der Waals surface area contributed by atoms with Crippen LogP contribution in [0.2, 0.25) is 5.02 Å². The van der Waals surface area contributed by atoms with Crippen LogP contribution in [0, 0.1) is 6.92 Å². The molecule has 0 unspecified atom stereocenters. The summed E-state index contributed by atoms with van der Waals surface area (Å²) in [5, 5.41) is 3.61. The number of carbonyl (C=O) groups excluding carboxylic acids is 1. The molecule has 0 heterocycles. The Morgan fingerprint density at radius 3 is 2.16 bits per heavy atom. The Balaban J connectivity index is 1.65. The molecule has 0 saturated heterocycles. The predicted octanol–water partition coefficient (Wildman–Crippen LogP) is 6.80. The van der Waals surface area contributed by atoms with Crippen LogP contribution in [-0.4, -0.2) is 20.4 Å². The minimum absolute atomic E-state index is 0.0429. The fourth-order valence-electron chi connectivity index (χ4n) is 4.18. The zero-order valence-electron chi connectivity index (χ0n) is 21.5. The topological polar surface area (TPSA) is 66.5 Å². The molecule has 7 heteroatoms. The van der Waals surface area contributed by atoms with Crippen molar-refractivity contribution in [2.75, 3.05) is 4.31 Å². The standard InChI is InChI=1S/C31H31ClN2O3S/c1-23-12-20-28(21-13-23)38(36,37)34(22-26-16-18-27(32)19-17-26)30-11-7-6-10-29(30)31(35)33-24(2)14-15-25-8-4-3-5-9-25/h3-13,16-21,24H,14-15,22H2,1-2H3,(H,33,35)/t24-/m0/s1. The van der Waals surface area contributed by atoms with Crippen molar-refractivity contribution >= 4 is 33.2 Å². The van der Waals surface area contributed by atoms with Gasteiger partial charge >= 0.3 is 0 Å². The van der Waals surface area contributed by atoms with Crippen molar-refractivity contribution in [3.63, 3.8) is 0 Å².